The summed E-state index contributed by atoms with van der Waals surface area (Å²) < 4.78 is 4.91. The van der Waals surface area contributed by atoms with Crippen LogP contribution in [0, 0.1) is 12.8 Å². The smallest absolute Gasteiger partial charge is 0.317 e. The largest absolute Gasteiger partial charge is 0.360 e. The summed E-state index contributed by atoms with van der Waals surface area (Å²) in [5.74, 6) is 0.945. The standard InChI is InChI=1S/C14H22N4O3/c1-9(2)15-14(20)18-6-4-11(5-7-18)13(19)16-12-8-10(3)21-17-12/h8-9,11H,4-7H2,1-3H3,(H,15,20)(H,16,17,19). The van der Waals surface area contributed by atoms with Crippen molar-refractivity contribution in [1.82, 2.24) is 15.4 Å². The van der Waals surface area contributed by atoms with Crippen LogP contribution in [0.4, 0.5) is 10.6 Å². The van der Waals surface area contributed by atoms with Gasteiger partial charge in [-0.05, 0) is 33.6 Å². The van der Waals surface area contributed by atoms with Crippen molar-refractivity contribution in [3.63, 3.8) is 0 Å². The fourth-order valence-corrected chi connectivity index (χ4v) is 2.34. The third-order valence-electron chi connectivity index (χ3n) is 3.44. The molecule has 1 aromatic heterocycles. The molecule has 7 nitrogen and oxygen atoms in total. The van der Waals surface area contributed by atoms with Crippen molar-refractivity contribution >= 4 is 17.8 Å². The van der Waals surface area contributed by atoms with Crippen LogP contribution in [0.15, 0.2) is 10.6 Å². The minimum absolute atomic E-state index is 0.0593. The number of carbonyl (C=O) groups is 2. The van der Waals surface area contributed by atoms with Crippen LogP contribution in [0.5, 0.6) is 0 Å². The number of rotatable bonds is 3. The maximum absolute atomic E-state index is 12.1. The number of nitrogens with zero attached hydrogens (tertiary/aromatic N) is 2. The third kappa shape index (κ3) is 4.21. The lowest BCUT2D eigenvalue weighted by atomic mass is 9.96. The van der Waals surface area contributed by atoms with Crippen LogP contribution in [0.1, 0.15) is 32.4 Å². The lowest BCUT2D eigenvalue weighted by Gasteiger charge is -2.31. The van der Waals surface area contributed by atoms with Gasteiger partial charge in [0.25, 0.3) is 0 Å². The van der Waals surface area contributed by atoms with Crippen molar-refractivity contribution in [2.24, 2.45) is 5.92 Å². The summed E-state index contributed by atoms with van der Waals surface area (Å²) >= 11 is 0. The number of urea groups is 1. The summed E-state index contributed by atoms with van der Waals surface area (Å²) in [6.45, 7) is 6.81. The van der Waals surface area contributed by atoms with Crippen LogP contribution >= 0.6 is 0 Å². The Morgan fingerprint density at radius 1 is 1.38 bits per heavy atom. The molecule has 0 aromatic carbocycles. The van der Waals surface area contributed by atoms with Crippen LogP contribution in [0.25, 0.3) is 0 Å². The van der Waals surface area contributed by atoms with E-state index < -0.39 is 0 Å². The highest BCUT2D eigenvalue weighted by Gasteiger charge is 2.27. The maximum Gasteiger partial charge on any atom is 0.317 e. The Hall–Kier alpha value is -2.05. The van der Waals surface area contributed by atoms with Gasteiger partial charge in [-0.1, -0.05) is 5.16 Å². The first-order valence-corrected chi connectivity index (χ1v) is 7.25. The zero-order valence-corrected chi connectivity index (χ0v) is 12.7. The molecule has 116 valence electrons. The van der Waals surface area contributed by atoms with E-state index in [2.05, 4.69) is 15.8 Å². The molecule has 2 N–H and O–H groups in total. The number of anilines is 1. The quantitative estimate of drug-likeness (QED) is 0.889. The van der Waals surface area contributed by atoms with Crippen molar-refractivity contribution < 1.29 is 14.1 Å². The predicted molar refractivity (Wildman–Crippen MR) is 77.8 cm³/mol. The number of nitrogens with one attached hydrogen (secondary N) is 2. The van der Waals surface area contributed by atoms with E-state index in [1.165, 1.54) is 0 Å². The number of aryl methyl sites for hydroxylation is 1. The number of amides is 3. The molecule has 0 aliphatic carbocycles. The van der Waals surface area contributed by atoms with E-state index in [9.17, 15) is 9.59 Å². The molecule has 0 unspecified atom stereocenters. The Kier molecular flexibility index (Phi) is 4.82. The summed E-state index contributed by atoms with van der Waals surface area (Å²) in [5, 5.41) is 9.35. The first-order valence-electron chi connectivity index (χ1n) is 7.25. The molecule has 2 rings (SSSR count). The Balaban J connectivity index is 1.80. The van der Waals surface area contributed by atoms with E-state index in [1.807, 2.05) is 13.8 Å². The number of carbonyl (C=O) groups excluding carboxylic acids is 2. The van der Waals surface area contributed by atoms with Crippen LogP contribution in [-0.4, -0.2) is 41.1 Å². The lowest BCUT2D eigenvalue weighted by molar-refractivity contribution is -0.121. The molecule has 2 heterocycles. The molecule has 0 bridgehead atoms. The number of piperidine rings is 1. The highest BCUT2D eigenvalue weighted by atomic mass is 16.5. The second-order valence-electron chi connectivity index (χ2n) is 5.68. The zero-order valence-electron chi connectivity index (χ0n) is 12.7. The van der Waals surface area contributed by atoms with Gasteiger partial charge in [-0.25, -0.2) is 4.79 Å². The summed E-state index contributed by atoms with van der Waals surface area (Å²) in [7, 11) is 0. The molecule has 0 radical (unpaired) electrons. The summed E-state index contributed by atoms with van der Waals surface area (Å²) in [4.78, 5) is 25.7. The monoisotopic (exact) mass is 294 g/mol. The molecule has 1 aliphatic rings. The Morgan fingerprint density at radius 2 is 2.05 bits per heavy atom. The van der Waals surface area contributed by atoms with Gasteiger partial charge >= 0.3 is 6.03 Å². The van der Waals surface area contributed by atoms with Crippen molar-refractivity contribution in [3.05, 3.63) is 11.8 Å². The van der Waals surface area contributed by atoms with Crippen LogP contribution in [-0.2, 0) is 4.79 Å². The van der Waals surface area contributed by atoms with Gasteiger partial charge in [-0.15, -0.1) is 0 Å². The minimum atomic E-state index is -0.0925. The fraction of sp³-hybridized carbons (Fsp3) is 0.643. The van der Waals surface area contributed by atoms with Gasteiger partial charge in [-0.2, -0.15) is 0 Å². The molecular formula is C14H22N4O3. The van der Waals surface area contributed by atoms with E-state index in [0.29, 0.717) is 37.5 Å². The zero-order chi connectivity index (χ0) is 15.4. The Morgan fingerprint density at radius 3 is 2.57 bits per heavy atom. The van der Waals surface area contributed by atoms with E-state index in [4.69, 9.17) is 4.52 Å². The minimum Gasteiger partial charge on any atom is -0.360 e. The Labute approximate surface area is 124 Å². The van der Waals surface area contributed by atoms with E-state index in [1.54, 1.807) is 17.9 Å². The number of likely N-dealkylation sites (tertiary alicyclic amines) is 1. The molecule has 0 atom stereocenters. The molecule has 1 aliphatic heterocycles. The molecule has 3 amide bonds. The predicted octanol–water partition coefficient (Wildman–Crippen LogP) is 1.75. The number of aromatic nitrogens is 1. The lowest BCUT2D eigenvalue weighted by Crippen LogP contribution is -2.47. The van der Waals surface area contributed by atoms with E-state index in [-0.39, 0.29) is 23.9 Å². The first-order chi connectivity index (χ1) is 9.95. The number of hydrogen-bond donors (Lipinski definition) is 2. The SMILES string of the molecule is Cc1cc(NC(=O)C2CCN(C(=O)NC(C)C)CC2)no1. The van der Waals surface area contributed by atoms with Crippen molar-refractivity contribution in [2.75, 3.05) is 18.4 Å². The summed E-state index contributed by atoms with van der Waals surface area (Å²) in [6.07, 6.45) is 1.32. The highest BCUT2D eigenvalue weighted by Crippen LogP contribution is 2.19. The number of hydrogen-bond acceptors (Lipinski definition) is 4. The molecule has 7 heteroatoms. The van der Waals surface area contributed by atoms with E-state index in [0.717, 1.165) is 0 Å². The summed E-state index contributed by atoms with van der Waals surface area (Å²) in [6, 6.07) is 1.74. The molecule has 1 aromatic rings. The highest BCUT2D eigenvalue weighted by molar-refractivity contribution is 5.91. The van der Waals surface area contributed by atoms with Gasteiger partial charge in [0, 0.05) is 31.1 Å². The molecule has 0 saturated carbocycles. The van der Waals surface area contributed by atoms with Crippen LogP contribution in [0.2, 0.25) is 0 Å². The van der Waals surface area contributed by atoms with Gasteiger partial charge < -0.3 is 20.1 Å². The van der Waals surface area contributed by atoms with Gasteiger partial charge in [-0.3, -0.25) is 4.79 Å². The average Bonchev–Trinajstić information content (AvgIpc) is 2.83. The second kappa shape index (κ2) is 6.60. The van der Waals surface area contributed by atoms with Crippen LogP contribution < -0.4 is 10.6 Å². The first kappa shape index (κ1) is 15.3. The van der Waals surface area contributed by atoms with Gasteiger partial charge in [0.1, 0.15) is 5.76 Å². The topological polar surface area (TPSA) is 87.5 Å². The molecular weight excluding hydrogens is 272 g/mol. The molecule has 1 saturated heterocycles. The molecule has 21 heavy (non-hydrogen) atoms. The maximum atomic E-state index is 12.1. The second-order valence-corrected chi connectivity index (χ2v) is 5.68. The van der Waals surface area contributed by atoms with Crippen molar-refractivity contribution in [3.8, 4) is 0 Å². The molecule has 1 fully saturated rings. The van der Waals surface area contributed by atoms with Crippen molar-refractivity contribution in [1.29, 1.82) is 0 Å². The van der Waals surface area contributed by atoms with Gasteiger partial charge in [0.15, 0.2) is 5.82 Å². The average molecular weight is 294 g/mol. The van der Waals surface area contributed by atoms with Crippen molar-refractivity contribution in [2.45, 2.75) is 39.7 Å². The summed E-state index contributed by atoms with van der Waals surface area (Å²) in [5.41, 5.74) is 0. The van der Waals surface area contributed by atoms with E-state index >= 15 is 0 Å². The molecule has 0 spiro atoms. The normalized spacial score (nSPS) is 16.1. The Bertz CT molecular complexity index is 504. The fourth-order valence-electron chi connectivity index (χ4n) is 2.34. The van der Waals surface area contributed by atoms with Gasteiger partial charge in [0.05, 0.1) is 0 Å². The van der Waals surface area contributed by atoms with Gasteiger partial charge in [0.2, 0.25) is 5.91 Å². The third-order valence-corrected chi connectivity index (χ3v) is 3.44. The van der Waals surface area contributed by atoms with Crippen LogP contribution in [0.3, 0.4) is 0 Å².